The van der Waals surface area contributed by atoms with Crippen LogP contribution in [0.25, 0.3) is 11.1 Å². The molecule has 1 amide bonds. The van der Waals surface area contributed by atoms with Crippen molar-refractivity contribution in [1.29, 1.82) is 0 Å². The molecule has 1 aromatic heterocycles. The molecule has 0 spiro atoms. The minimum absolute atomic E-state index is 0.00378. The smallest absolute Gasteiger partial charge is 0.225 e. The van der Waals surface area contributed by atoms with Crippen LogP contribution in [0, 0.1) is 5.92 Å². The highest BCUT2D eigenvalue weighted by molar-refractivity contribution is 5.79. The predicted octanol–water partition coefficient (Wildman–Crippen LogP) is 3.35. The molecule has 1 aliphatic heterocycles. The standard InChI is InChI=1S/C19H22N2O2/c1-14(21-19(22)18-3-2-12-23-13-18)15-4-6-16(7-5-15)17-8-10-20-11-9-17/h4-11,14,18H,2-3,12-13H2,1H3,(H,21,22)/t14-,18+/m0/s1. The lowest BCUT2D eigenvalue weighted by atomic mass is 9.99. The first-order valence-electron chi connectivity index (χ1n) is 8.12. The third-order valence-corrected chi connectivity index (χ3v) is 4.31. The summed E-state index contributed by atoms with van der Waals surface area (Å²) in [6, 6.07) is 12.3. The Hall–Kier alpha value is -2.20. The first-order valence-corrected chi connectivity index (χ1v) is 8.12. The van der Waals surface area contributed by atoms with Gasteiger partial charge in [0.1, 0.15) is 0 Å². The number of rotatable bonds is 4. The molecule has 1 aliphatic rings. The van der Waals surface area contributed by atoms with Gasteiger partial charge in [-0.3, -0.25) is 9.78 Å². The molecule has 0 aliphatic carbocycles. The van der Waals surface area contributed by atoms with Crippen molar-refractivity contribution in [3.8, 4) is 11.1 Å². The number of hydrogen-bond acceptors (Lipinski definition) is 3. The topological polar surface area (TPSA) is 51.2 Å². The molecule has 0 radical (unpaired) electrons. The van der Waals surface area contributed by atoms with Crippen molar-refractivity contribution in [1.82, 2.24) is 10.3 Å². The fourth-order valence-electron chi connectivity index (χ4n) is 2.87. The number of nitrogens with zero attached hydrogens (tertiary/aromatic N) is 1. The van der Waals surface area contributed by atoms with Gasteiger partial charge in [-0.25, -0.2) is 0 Å². The number of amides is 1. The van der Waals surface area contributed by atoms with Crippen molar-refractivity contribution in [2.24, 2.45) is 5.92 Å². The molecule has 4 heteroatoms. The highest BCUT2D eigenvalue weighted by atomic mass is 16.5. The number of carbonyl (C=O) groups excluding carboxylic acids is 1. The molecule has 3 rings (SSSR count). The molecule has 2 atom stereocenters. The van der Waals surface area contributed by atoms with E-state index in [4.69, 9.17) is 4.74 Å². The van der Waals surface area contributed by atoms with Crippen molar-refractivity contribution >= 4 is 5.91 Å². The molecule has 1 fully saturated rings. The molecular formula is C19H22N2O2. The zero-order valence-corrected chi connectivity index (χ0v) is 13.4. The van der Waals surface area contributed by atoms with Gasteiger partial charge in [0.15, 0.2) is 0 Å². The molecule has 4 nitrogen and oxygen atoms in total. The summed E-state index contributed by atoms with van der Waals surface area (Å²) in [7, 11) is 0. The summed E-state index contributed by atoms with van der Waals surface area (Å²) in [5.74, 6) is 0.0812. The Balaban J connectivity index is 1.63. The van der Waals surface area contributed by atoms with Gasteiger partial charge in [0.2, 0.25) is 5.91 Å². The summed E-state index contributed by atoms with van der Waals surface area (Å²) in [5.41, 5.74) is 3.39. The second-order valence-corrected chi connectivity index (χ2v) is 6.00. The van der Waals surface area contributed by atoms with Gasteiger partial charge in [0.25, 0.3) is 0 Å². The average Bonchev–Trinajstić information content (AvgIpc) is 2.63. The lowest BCUT2D eigenvalue weighted by Crippen LogP contribution is -2.36. The fraction of sp³-hybridized carbons (Fsp3) is 0.368. The van der Waals surface area contributed by atoms with Crippen molar-refractivity contribution in [2.45, 2.75) is 25.8 Å². The normalized spacial score (nSPS) is 19.1. The van der Waals surface area contributed by atoms with Crippen LogP contribution in [0.4, 0.5) is 0 Å². The SMILES string of the molecule is C[C@H](NC(=O)[C@@H]1CCCOC1)c1ccc(-c2ccncc2)cc1. The van der Waals surface area contributed by atoms with Crippen LogP contribution >= 0.6 is 0 Å². The van der Waals surface area contributed by atoms with Gasteiger partial charge in [-0.15, -0.1) is 0 Å². The van der Waals surface area contributed by atoms with E-state index in [-0.39, 0.29) is 17.9 Å². The first kappa shape index (κ1) is 15.7. The van der Waals surface area contributed by atoms with Crippen LogP contribution in [0.15, 0.2) is 48.8 Å². The molecule has 0 saturated carbocycles. The van der Waals surface area contributed by atoms with Crippen LogP contribution in [0.1, 0.15) is 31.4 Å². The molecule has 2 aromatic rings. The summed E-state index contributed by atoms with van der Waals surface area (Å²) in [6.45, 7) is 3.33. The highest BCUT2D eigenvalue weighted by Gasteiger charge is 2.23. The molecule has 0 unspecified atom stereocenters. The maximum absolute atomic E-state index is 12.3. The second kappa shape index (κ2) is 7.38. The van der Waals surface area contributed by atoms with Gasteiger partial charge in [0.05, 0.1) is 18.6 Å². The van der Waals surface area contributed by atoms with Crippen LogP contribution in [0.5, 0.6) is 0 Å². The van der Waals surface area contributed by atoms with Gasteiger partial charge >= 0.3 is 0 Å². The van der Waals surface area contributed by atoms with Crippen LogP contribution in [0.3, 0.4) is 0 Å². The number of hydrogen-bond donors (Lipinski definition) is 1. The Bertz CT molecular complexity index is 634. The predicted molar refractivity (Wildman–Crippen MR) is 89.8 cm³/mol. The van der Waals surface area contributed by atoms with E-state index in [9.17, 15) is 4.79 Å². The monoisotopic (exact) mass is 310 g/mol. The van der Waals surface area contributed by atoms with Crippen LogP contribution in [-0.4, -0.2) is 24.1 Å². The highest BCUT2D eigenvalue weighted by Crippen LogP contribution is 2.22. The third-order valence-electron chi connectivity index (χ3n) is 4.31. The zero-order chi connectivity index (χ0) is 16.1. The number of benzene rings is 1. The largest absolute Gasteiger partial charge is 0.381 e. The van der Waals surface area contributed by atoms with E-state index in [1.807, 2.05) is 19.1 Å². The number of aromatic nitrogens is 1. The summed E-state index contributed by atoms with van der Waals surface area (Å²) in [4.78, 5) is 16.3. The van der Waals surface area contributed by atoms with Gasteiger partial charge < -0.3 is 10.1 Å². The Morgan fingerprint density at radius 3 is 2.52 bits per heavy atom. The van der Waals surface area contributed by atoms with E-state index in [0.29, 0.717) is 6.61 Å². The minimum atomic E-state index is -0.0118. The van der Waals surface area contributed by atoms with Crippen molar-refractivity contribution < 1.29 is 9.53 Å². The van der Waals surface area contributed by atoms with Gasteiger partial charge in [-0.2, -0.15) is 0 Å². The minimum Gasteiger partial charge on any atom is -0.381 e. The maximum Gasteiger partial charge on any atom is 0.225 e. The van der Waals surface area contributed by atoms with Crippen LogP contribution in [-0.2, 0) is 9.53 Å². The maximum atomic E-state index is 12.3. The van der Waals surface area contributed by atoms with E-state index in [0.717, 1.165) is 36.1 Å². The summed E-state index contributed by atoms with van der Waals surface area (Å²) >= 11 is 0. The molecule has 1 aromatic carbocycles. The van der Waals surface area contributed by atoms with E-state index >= 15 is 0 Å². The van der Waals surface area contributed by atoms with Gasteiger partial charge in [-0.05, 0) is 48.6 Å². The van der Waals surface area contributed by atoms with E-state index < -0.39 is 0 Å². The molecule has 1 saturated heterocycles. The summed E-state index contributed by atoms with van der Waals surface area (Å²) in [6.07, 6.45) is 5.46. The number of nitrogens with one attached hydrogen (secondary N) is 1. The Labute approximate surface area is 136 Å². The van der Waals surface area contributed by atoms with Crippen molar-refractivity contribution in [3.63, 3.8) is 0 Å². The zero-order valence-electron chi connectivity index (χ0n) is 13.4. The van der Waals surface area contributed by atoms with E-state index in [1.54, 1.807) is 12.4 Å². The van der Waals surface area contributed by atoms with Crippen molar-refractivity contribution in [3.05, 3.63) is 54.4 Å². The van der Waals surface area contributed by atoms with Crippen LogP contribution in [0.2, 0.25) is 0 Å². The fourth-order valence-corrected chi connectivity index (χ4v) is 2.87. The van der Waals surface area contributed by atoms with E-state index in [1.165, 1.54) is 0 Å². The van der Waals surface area contributed by atoms with Crippen LogP contribution < -0.4 is 5.32 Å². The lowest BCUT2D eigenvalue weighted by molar-refractivity contribution is -0.129. The summed E-state index contributed by atoms with van der Waals surface area (Å²) < 4.78 is 5.39. The molecular weight excluding hydrogens is 288 g/mol. The number of carbonyl (C=O) groups is 1. The molecule has 1 N–H and O–H groups in total. The average molecular weight is 310 g/mol. The Kier molecular flexibility index (Phi) is 5.03. The van der Waals surface area contributed by atoms with Gasteiger partial charge in [-0.1, -0.05) is 24.3 Å². The summed E-state index contributed by atoms with van der Waals surface area (Å²) in [5, 5.41) is 3.10. The lowest BCUT2D eigenvalue weighted by Gasteiger charge is -2.23. The quantitative estimate of drug-likeness (QED) is 0.942. The molecule has 23 heavy (non-hydrogen) atoms. The second-order valence-electron chi connectivity index (χ2n) is 6.00. The molecule has 2 heterocycles. The number of pyridine rings is 1. The molecule has 120 valence electrons. The number of ether oxygens (including phenoxy) is 1. The van der Waals surface area contributed by atoms with Gasteiger partial charge in [0, 0.05) is 19.0 Å². The van der Waals surface area contributed by atoms with E-state index in [2.05, 4.69) is 34.6 Å². The Morgan fingerprint density at radius 2 is 1.87 bits per heavy atom. The first-order chi connectivity index (χ1) is 11.2. The Morgan fingerprint density at radius 1 is 1.17 bits per heavy atom. The third kappa shape index (κ3) is 3.96. The molecule has 0 bridgehead atoms. The van der Waals surface area contributed by atoms with Crippen molar-refractivity contribution in [2.75, 3.05) is 13.2 Å².